The van der Waals surface area contributed by atoms with Crippen molar-refractivity contribution in [1.29, 1.82) is 0 Å². The molecule has 0 unspecified atom stereocenters. The maximum atomic E-state index is 12.7. The lowest BCUT2D eigenvalue weighted by Gasteiger charge is -2.08. The molecule has 142 valence electrons. The molecule has 1 aromatic carbocycles. The summed E-state index contributed by atoms with van der Waals surface area (Å²) in [4.78, 5) is 17.1. The van der Waals surface area contributed by atoms with E-state index in [-0.39, 0.29) is 11.5 Å². The van der Waals surface area contributed by atoms with Crippen LogP contribution >= 0.6 is 11.6 Å². The summed E-state index contributed by atoms with van der Waals surface area (Å²) in [7, 11) is 1.59. The monoisotopic (exact) mass is 396 g/mol. The van der Waals surface area contributed by atoms with E-state index in [1.54, 1.807) is 42.3 Å². The first-order valence-electron chi connectivity index (χ1n) is 8.61. The highest BCUT2D eigenvalue weighted by Gasteiger charge is 2.20. The summed E-state index contributed by atoms with van der Waals surface area (Å²) in [6, 6.07) is 7.04. The molecule has 3 heterocycles. The van der Waals surface area contributed by atoms with Crippen molar-refractivity contribution in [1.82, 2.24) is 14.8 Å². The van der Waals surface area contributed by atoms with Gasteiger partial charge in [-0.25, -0.2) is 9.67 Å². The second-order valence-corrected chi connectivity index (χ2v) is 6.66. The Morgan fingerprint density at radius 2 is 2.11 bits per heavy atom. The molecule has 2 aromatic heterocycles. The lowest BCUT2D eigenvalue weighted by molar-refractivity contribution is 0.102. The van der Waals surface area contributed by atoms with Crippen LogP contribution in [0.1, 0.15) is 22.5 Å². The summed E-state index contributed by atoms with van der Waals surface area (Å²) in [5.41, 5.74) is 3.12. The smallest absolute Gasteiger partial charge is 0.258 e. The average Bonchev–Trinajstić information content (AvgIpc) is 3.31. The number of amides is 1. The fourth-order valence-corrected chi connectivity index (χ4v) is 3.35. The van der Waals surface area contributed by atoms with E-state index in [0.717, 1.165) is 5.71 Å². The highest BCUT2D eigenvalue weighted by molar-refractivity contribution is 6.39. The van der Waals surface area contributed by atoms with E-state index in [1.165, 1.54) is 6.20 Å². The first-order chi connectivity index (χ1) is 13.6. The van der Waals surface area contributed by atoms with Crippen LogP contribution in [0.3, 0.4) is 0 Å². The Balaban J connectivity index is 1.63. The van der Waals surface area contributed by atoms with Crippen LogP contribution in [0, 0.1) is 6.92 Å². The lowest BCUT2D eigenvalue weighted by Crippen LogP contribution is -2.14. The topological polar surface area (TPSA) is 93.8 Å². The Kier molecular flexibility index (Phi) is 4.79. The molecule has 4 rings (SSSR count). The van der Waals surface area contributed by atoms with Gasteiger partial charge in [-0.3, -0.25) is 4.79 Å². The van der Waals surface area contributed by atoms with Crippen LogP contribution in [0.4, 0.5) is 5.69 Å². The number of fused-ring (bicyclic) bond motifs is 1. The van der Waals surface area contributed by atoms with Crippen LogP contribution in [0.5, 0.6) is 5.75 Å². The Bertz CT molecular complexity index is 1120. The number of aryl methyl sites for hydroxylation is 1. The van der Waals surface area contributed by atoms with Gasteiger partial charge in [-0.15, -0.1) is 0 Å². The second kappa shape index (κ2) is 7.40. The zero-order chi connectivity index (χ0) is 19.7. The summed E-state index contributed by atoms with van der Waals surface area (Å²) in [6.07, 6.45) is 3.90. The van der Waals surface area contributed by atoms with Crippen molar-refractivity contribution in [2.75, 3.05) is 12.4 Å². The van der Waals surface area contributed by atoms with Crippen LogP contribution in [-0.4, -0.2) is 39.7 Å². The number of aromatic nitrogens is 3. The number of carbonyl (C=O) groups excluding carboxylic acids is 1. The van der Waals surface area contributed by atoms with Gasteiger partial charge < -0.3 is 10.1 Å². The molecule has 0 bridgehead atoms. The molecule has 0 atom stereocenters. The Morgan fingerprint density at radius 1 is 1.32 bits per heavy atom. The minimum atomic E-state index is -0.342. The van der Waals surface area contributed by atoms with Crippen LogP contribution in [0.2, 0.25) is 5.02 Å². The van der Waals surface area contributed by atoms with Gasteiger partial charge in [-0.2, -0.15) is 15.3 Å². The molecule has 1 aliphatic heterocycles. The van der Waals surface area contributed by atoms with Crippen molar-refractivity contribution >= 4 is 46.2 Å². The number of benzene rings is 1. The zero-order valence-corrected chi connectivity index (χ0v) is 16.1. The van der Waals surface area contributed by atoms with Crippen molar-refractivity contribution in [3.63, 3.8) is 0 Å². The normalized spacial score (nSPS) is 13.0. The molecule has 1 aliphatic rings. The number of anilines is 1. The Hall–Kier alpha value is -3.26. The van der Waals surface area contributed by atoms with Gasteiger partial charge in [-0.05, 0) is 31.2 Å². The third-order valence-electron chi connectivity index (χ3n) is 4.41. The summed E-state index contributed by atoms with van der Waals surface area (Å²) < 4.78 is 6.85. The minimum absolute atomic E-state index is 0.286. The van der Waals surface area contributed by atoms with Crippen molar-refractivity contribution in [3.8, 4) is 5.75 Å². The van der Waals surface area contributed by atoms with Crippen LogP contribution in [0.15, 0.2) is 40.7 Å². The first-order valence-corrected chi connectivity index (χ1v) is 8.99. The maximum Gasteiger partial charge on any atom is 0.258 e. The van der Waals surface area contributed by atoms with Gasteiger partial charge in [0.05, 0.1) is 41.0 Å². The van der Waals surface area contributed by atoms with Crippen LogP contribution in [-0.2, 0) is 6.54 Å². The number of rotatable bonds is 5. The first kappa shape index (κ1) is 18.1. The summed E-state index contributed by atoms with van der Waals surface area (Å²) >= 11 is 6.56. The number of nitrogens with one attached hydrogen (secondary N) is 1. The highest BCUT2D eigenvalue weighted by atomic mass is 35.5. The van der Waals surface area contributed by atoms with Gasteiger partial charge in [0.25, 0.3) is 5.91 Å². The molecule has 8 nitrogen and oxygen atoms in total. The predicted molar refractivity (Wildman–Crippen MR) is 109 cm³/mol. The number of carbonyl (C=O) groups is 1. The van der Waals surface area contributed by atoms with Gasteiger partial charge in [0.15, 0.2) is 5.65 Å². The molecule has 0 spiro atoms. The Morgan fingerprint density at radius 3 is 2.79 bits per heavy atom. The van der Waals surface area contributed by atoms with E-state index in [1.807, 2.05) is 6.92 Å². The SMILES string of the molecule is COc1ccc(NC(=O)c2cnc3c(c(C)nn3CC3=NN=CC3)c2Cl)cc1. The molecule has 0 radical (unpaired) electrons. The van der Waals surface area contributed by atoms with E-state index < -0.39 is 0 Å². The van der Waals surface area contributed by atoms with E-state index >= 15 is 0 Å². The molecule has 28 heavy (non-hydrogen) atoms. The zero-order valence-electron chi connectivity index (χ0n) is 15.3. The third-order valence-corrected chi connectivity index (χ3v) is 4.80. The van der Waals surface area contributed by atoms with Crippen molar-refractivity contribution < 1.29 is 9.53 Å². The molecule has 3 aromatic rings. The Labute approximate surface area is 165 Å². The predicted octanol–water partition coefficient (Wildman–Crippen LogP) is 3.48. The highest BCUT2D eigenvalue weighted by Crippen LogP contribution is 2.29. The van der Waals surface area contributed by atoms with Gasteiger partial charge in [0.2, 0.25) is 0 Å². The van der Waals surface area contributed by atoms with E-state index in [0.29, 0.717) is 46.2 Å². The van der Waals surface area contributed by atoms with Gasteiger partial charge in [0.1, 0.15) is 5.75 Å². The largest absolute Gasteiger partial charge is 0.497 e. The molecule has 9 heteroatoms. The number of hydrogen-bond acceptors (Lipinski definition) is 6. The minimum Gasteiger partial charge on any atom is -0.497 e. The van der Waals surface area contributed by atoms with Crippen molar-refractivity contribution in [3.05, 3.63) is 46.7 Å². The molecule has 0 fully saturated rings. The van der Waals surface area contributed by atoms with E-state index in [4.69, 9.17) is 16.3 Å². The fraction of sp³-hybridized carbons (Fsp3) is 0.211. The molecule has 0 aliphatic carbocycles. The standard InChI is InChI=1S/C19H17ClN6O2/c1-11-16-17(20)15(19(27)23-12-3-5-14(28-2)6-4-12)9-21-18(16)26(25-11)10-13-7-8-22-24-13/h3-6,8-9H,7,10H2,1-2H3,(H,23,27). The number of hydrogen-bond donors (Lipinski definition) is 1. The molecular weight excluding hydrogens is 380 g/mol. The number of ether oxygens (including phenoxy) is 1. The molecular formula is C19H17ClN6O2. The number of methoxy groups -OCH3 is 1. The molecule has 0 saturated carbocycles. The van der Waals surface area contributed by atoms with Gasteiger partial charge in [-0.1, -0.05) is 11.6 Å². The summed E-state index contributed by atoms with van der Waals surface area (Å²) in [6.45, 7) is 2.32. The molecule has 0 saturated heterocycles. The van der Waals surface area contributed by atoms with Crippen molar-refractivity contribution in [2.24, 2.45) is 10.2 Å². The maximum absolute atomic E-state index is 12.7. The van der Waals surface area contributed by atoms with Gasteiger partial charge in [0, 0.05) is 24.5 Å². The van der Waals surface area contributed by atoms with Crippen LogP contribution < -0.4 is 10.1 Å². The second-order valence-electron chi connectivity index (χ2n) is 6.28. The quantitative estimate of drug-likeness (QED) is 0.714. The van der Waals surface area contributed by atoms with E-state index in [9.17, 15) is 4.79 Å². The average molecular weight is 397 g/mol. The summed E-state index contributed by atoms with van der Waals surface area (Å²) in [5.74, 6) is 0.365. The fourth-order valence-electron chi connectivity index (χ4n) is 2.99. The molecule has 1 N–H and O–H groups in total. The third kappa shape index (κ3) is 3.34. The van der Waals surface area contributed by atoms with Crippen molar-refractivity contribution in [2.45, 2.75) is 19.9 Å². The number of nitrogens with zero attached hydrogens (tertiary/aromatic N) is 5. The van der Waals surface area contributed by atoms with E-state index in [2.05, 4.69) is 25.6 Å². The number of pyridine rings is 1. The van der Waals surface area contributed by atoms with Crippen LogP contribution in [0.25, 0.3) is 11.0 Å². The number of halogens is 1. The molecule has 1 amide bonds. The van der Waals surface area contributed by atoms with Gasteiger partial charge >= 0.3 is 0 Å². The summed E-state index contributed by atoms with van der Waals surface area (Å²) in [5, 5.41) is 16.2. The lowest BCUT2D eigenvalue weighted by atomic mass is 10.2.